The molecule has 0 aliphatic carbocycles. The van der Waals surface area contributed by atoms with Gasteiger partial charge in [-0.3, -0.25) is 9.82 Å². The van der Waals surface area contributed by atoms with Gasteiger partial charge in [-0.1, -0.05) is 59.8 Å². The van der Waals surface area contributed by atoms with Crippen molar-refractivity contribution in [1.29, 1.82) is 0 Å². The van der Waals surface area contributed by atoms with Gasteiger partial charge in [0.15, 0.2) is 11.5 Å². The zero-order valence-corrected chi connectivity index (χ0v) is 19.2. The molecule has 0 spiro atoms. The second-order valence-electron chi connectivity index (χ2n) is 8.89. The number of rotatable bonds is 10. The Hall–Kier alpha value is -2.35. The quantitative estimate of drug-likeness (QED) is 0.436. The number of hydrogen-bond donors (Lipinski definition) is 2. The Balaban J connectivity index is 1.59. The van der Waals surface area contributed by atoms with Crippen LogP contribution in [-0.4, -0.2) is 34.0 Å². The van der Waals surface area contributed by atoms with Crippen LogP contribution in [-0.2, 0) is 15.4 Å². The van der Waals surface area contributed by atoms with Crippen molar-refractivity contribution in [2.75, 3.05) is 10.5 Å². The van der Waals surface area contributed by atoms with E-state index < -0.39 is 10.0 Å². The SMILES string of the molecule is CCCCCCCCS(=O)(=O)Nc1ccc(-c2nc3cc(C(C)(C)C)[nH]n3n2)cc1. The number of anilines is 1. The molecule has 0 aliphatic heterocycles. The van der Waals surface area contributed by atoms with Gasteiger partial charge >= 0.3 is 0 Å². The number of sulfonamides is 1. The predicted molar refractivity (Wildman–Crippen MR) is 122 cm³/mol. The monoisotopic (exact) mass is 431 g/mol. The molecule has 0 fully saturated rings. The van der Waals surface area contributed by atoms with Crippen molar-refractivity contribution < 1.29 is 8.42 Å². The molecule has 3 rings (SSSR count). The Bertz CT molecular complexity index is 1030. The second-order valence-corrected chi connectivity index (χ2v) is 10.7. The Morgan fingerprint density at radius 1 is 1.03 bits per heavy atom. The topological polar surface area (TPSA) is 92.1 Å². The Morgan fingerprint density at radius 3 is 2.33 bits per heavy atom. The van der Waals surface area contributed by atoms with Crippen molar-refractivity contribution in [3.8, 4) is 11.4 Å². The number of nitrogens with zero attached hydrogens (tertiary/aromatic N) is 3. The average molecular weight is 432 g/mol. The number of nitrogens with one attached hydrogen (secondary N) is 2. The van der Waals surface area contributed by atoms with Crippen molar-refractivity contribution in [2.24, 2.45) is 0 Å². The highest BCUT2D eigenvalue weighted by Gasteiger charge is 2.18. The first-order chi connectivity index (χ1) is 14.2. The summed E-state index contributed by atoms with van der Waals surface area (Å²) in [7, 11) is -3.33. The van der Waals surface area contributed by atoms with Gasteiger partial charge in [-0.05, 0) is 30.7 Å². The smallest absolute Gasteiger partial charge is 0.232 e. The maximum atomic E-state index is 12.3. The van der Waals surface area contributed by atoms with Crippen LogP contribution >= 0.6 is 0 Å². The van der Waals surface area contributed by atoms with E-state index in [0.717, 1.165) is 29.7 Å². The van der Waals surface area contributed by atoms with Crippen LogP contribution < -0.4 is 4.72 Å². The van der Waals surface area contributed by atoms with Crippen LogP contribution in [0, 0.1) is 0 Å². The number of aromatic nitrogens is 4. The lowest BCUT2D eigenvalue weighted by Gasteiger charge is -2.14. The van der Waals surface area contributed by atoms with E-state index in [1.165, 1.54) is 19.3 Å². The van der Waals surface area contributed by atoms with Gasteiger partial charge in [0.25, 0.3) is 0 Å². The zero-order chi connectivity index (χ0) is 21.8. The molecule has 1 aromatic carbocycles. The van der Waals surface area contributed by atoms with E-state index >= 15 is 0 Å². The minimum absolute atomic E-state index is 0.00312. The standard InChI is InChI=1S/C22H33N5O2S/c1-5-6-7-8-9-10-15-30(28,29)26-18-13-11-17(12-14-18)21-23-20-16-19(22(2,3)4)24-27(20)25-21/h11-14,16,24,26H,5-10,15H2,1-4H3. The van der Waals surface area contributed by atoms with Gasteiger partial charge in [0, 0.05) is 28.4 Å². The van der Waals surface area contributed by atoms with Crippen molar-refractivity contribution >= 4 is 21.4 Å². The summed E-state index contributed by atoms with van der Waals surface area (Å²) in [5, 5.41) is 7.76. The van der Waals surface area contributed by atoms with Crippen molar-refractivity contribution in [2.45, 2.75) is 71.6 Å². The van der Waals surface area contributed by atoms with Crippen LogP contribution in [0.25, 0.3) is 17.0 Å². The highest BCUT2D eigenvalue weighted by Crippen LogP contribution is 2.24. The fraction of sp³-hybridized carbons (Fsp3) is 0.545. The number of aromatic amines is 1. The molecule has 164 valence electrons. The highest BCUT2D eigenvalue weighted by molar-refractivity contribution is 7.92. The van der Waals surface area contributed by atoms with Gasteiger partial charge in [-0.15, -0.1) is 5.10 Å². The lowest BCUT2D eigenvalue weighted by Crippen LogP contribution is -2.16. The molecule has 0 radical (unpaired) electrons. The Labute approximate surface area is 179 Å². The van der Waals surface area contributed by atoms with Crippen molar-refractivity contribution in [1.82, 2.24) is 19.8 Å². The van der Waals surface area contributed by atoms with E-state index in [4.69, 9.17) is 0 Å². The Kier molecular flexibility index (Phi) is 6.85. The van der Waals surface area contributed by atoms with Crippen LogP contribution in [0.2, 0.25) is 0 Å². The molecular formula is C22H33N5O2S. The molecule has 0 saturated heterocycles. The van der Waals surface area contributed by atoms with Crippen LogP contribution in [0.3, 0.4) is 0 Å². The summed E-state index contributed by atoms with van der Waals surface area (Å²) in [6.45, 7) is 8.56. The van der Waals surface area contributed by atoms with E-state index in [1.54, 1.807) is 16.8 Å². The fourth-order valence-electron chi connectivity index (χ4n) is 3.27. The van der Waals surface area contributed by atoms with E-state index in [0.29, 0.717) is 17.9 Å². The molecule has 0 unspecified atom stereocenters. The molecule has 30 heavy (non-hydrogen) atoms. The van der Waals surface area contributed by atoms with E-state index in [9.17, 15) is 8.42 Å². The van der Waals surface area contributed by atoms with Gasteiger partial charge in [0.2, 0.25) is 10.0 Å². The average Bonchev–Trinajstić information content (AvgIpc) is 3.24. The zero-order valence-electron chi connectivity index (χ0n) is 18.4. The summed E-state index contributed by atoms with van der Waals surface area (Å²) in [5.74, 6) is 0.757. The van der Waals surface area contributed by atoms with E-state index in [1.807, 2.05) is 18.2 Å². The van der Waals surface area contributed by atoms with E-state index in [2.05, 4.69) is 47.6 Å². The number of H-pyrrole nitrogens is 1. The molecule has 2 heterocycles. The number of unbranched alkanes of at least 4 members (excludes halogenated alkanes) is 5. The third-order valence-electron chi connectivity index (χ3n) is 5.12. The van der Waals surface area contributed by atoms with Crippen LogP contribution in [0.1, 0.15) is 71.9 Å². The summed E-state index contributed by atoms with van der Waals surface area (Å²) in [4.78, 5) is 4.57. The molecule has 0 saturated carbocycles. The fourth-order valence-corrected chi connectivity index (χ4v) is 4.45. The van der Waals surface area contributed by atoms with Gasteiger partial charge in [-0.25, -0.2) is 13.4 Å². The second kappa shape index (κ2) is 9.20. The van der Waals surface area contributed by atoms with Gasteiger partial charge < -0.3 is 0 Å². The lowest BCUT2D eigenvalue weighted by atomic mass is 9.93. The largest absolute Gasteiger partial charge is 0.284 e. The molecule has 7 nitrogen and oxygen atoms in total. The first-order valence-corrected chi connectivity index (χ1v) is 12.4. The summed E-state index contributed by atoms with van der Waals surface area (Å²) >= 11 is 0. The molecule has 2 aromatic heterocycles. The summed E-state index contributed by atoms with van der Waals surface area (Å²) in [6.07, 6.45) is 6.34. The van der Waals surface area contributed by atoms with Crippen molar-refractivity contribution in [3.63, 3.8) is 0 Å². The number of fused-ring (bicyclic) bond motifs is 1. The maximum Gasteiger partial charge on any atom is 0.232 e. The van der Waals surface area contributed by atoms with Gasteiger partial charge in [-0.2, -0.15) is 4.63 Å². The first kappa shape index (κ1) is 22.3. The molecule has 0 aliphatic rings. The van der Waals surface area contributed by atoms with E-state index in [-0.39, 0.29) is 11.2 Å². The molecule has 0 amide bonds. The third kappa shape index (κ3) is 5.84. The molecule has 0 bridgehead atoms. The van der Waals surface area contributed by atoms with Gasteiger partial charge in [0.05, 0.1) is 5.75 Å². The number of hydrogen-bond acceptors (Lipinski definition) is 4. The van der Waals surface area contributed by atoms with Crippen molar-refractivity contribution in [3.05, 3.63) is 36.0 Å². The Morgan fingerprint density at radius 2 is 1.70 bits per heavy atom. The number of benzene rings is 1. The molecule has 2 N–H and O–H groups in total. The van der Waals surface area contributed by atoms with Crippen LogP contribution in [0.5, 0.6) is 0 Å². The first-order valence-electron chi connectivity index (χ1n) is 10.7. The predicted octanol–water partition coefficient (Wildman–Crippen LogP) is 5.12. The molecular weight excluding hydrogens is 398 g/mol. The normalized spacial score (nSPS) is 12.5. The highest BCUT2D eigenvalue weighted by atomic mass is 32.2. The summed E-state index contributed by atoms with van der Waals surface area (Å²) in [5.41, 5.74) is 3.22. The lowest BCUT2D eigenvalue weighted by molar-refractivity contribution is 0.557. The molecule has 3 aromatic rings. The third-order valence-corrected chi connectivity index (χ3v) is 6.50. The molecule has 8 heteroatoms. The molecule has 0 atom stereocenters. The summed E-state index contributed by atoms with van der Waals surface area (Å²) in [6, 6.07) is 9.18. The minimum atomic E-state index is -3.33. The van der Waals surface area contributed by atoms with Gasteiger partial charge in [0.1, 0.15) is 0 Å². The van der Waals surface area contributed by atoms with Crippen LogP contribution in [0.4, 0.5) is 5.69 Å². The maximum absolute atomic E-state index is 12.3. The summed E-state index contributed by atoms with van der Waals surface area (Å²) < 4.78 is 28.9. The van der Waals surface area contributed by atoms with Crippen LogP contribution in [0.15, 0.2) is 30.3 Å². The minimum Gasteiger partial charge on any atom is -0.284 e.